The molecule has 2 unspecified atom stereocenters. The fourth-order valence-electron chi connectivity index (χ4n) is 1.95. The predicted octanol–water partition coefficient (Wildman–Crippen LogP) is 4.34. The summed E-state index contributed by atoms with van der Waals surface area (Å²) in [6.45, 7) is 13.4. The Labute approximate surface area is 138 Å². The van der Waals surface area contributed by atoms with Gasteiger partial charge in [-0.25, -0.2) is 0 Å². The van der Waals surface area contributed by atoms with Crippen LogP contribution in [0.1, 0.15) is 73.1 Å². The van der Waals surface area contributed by atoms with Gasteiger partial charge in [0.2, 0.25) is 0 Å². The zero-order valence-corrected chi connectivity index (χ0v) is 15.5. The highest BCUT2D eigenvalue weighted by Crippen LogP contribution is 2.07. The van der Waals surface area contributed by atoms with E-state index in [1.165, 1.54) is 12.8 Å². The molecule has 4 nitrogen and oxygen atoms in total. The zero-order chi connectivity index (χ0) is 17.2. The summed E-state index contributed by atoms with van der Waals surface area (Å²) in [7, 11) is 0. The van der Waals surface area contributed by atoms with Gasteiger partial charge in [0.1, 0.15) is 0 Å². The third-order valence-electron chi connectivity index (χ3n) is 3.66. The molecular formula is C18H39NO3. The maximum atomic E-state index is 11.2. The molecule has 0 saturated carbocycles. The summed E-state index contributed by atoms with van der Waals surface area (Å²) >= 11 is 0. The first-order chi connectivity index (χ1) is 10.6. The van der Waals surface area contributed by atoms with Crippen LogP contribution >= 0.6 is 0 Å². The number of aliphatic carboxylic acids is 1. The van der Waals surface area contributed by atoms with Crippen molar-refractivity contribution in [1.82, 2.24) is 5.32 Å². The fraction of sp³-hybridized carbons (Fsp3) is 0.944. The lowest BCUT2D eigenvalue weighted by Gasteiger charge is -2.15. The Morgan fingerprint density at radius 1 is 1.09 bits per heavy atom. The summed E-state index contributed by atoms with van der Waals surface area (Å²) in [5.74, 6) is -0.391. The van der Waals surface area contributed by atoms with Crippen molar-refractivity contribution in [1.29, 1.82) is 0 Å². The number of rotatable bonds is 14. The molecule has 0 rings (SSSR count). The lowest BCUT2D eigenvalue weighted by Crippen LogP contribution is -2.31. The molecule has 0 aromatic heterocycles. The molecule has 2 N–H and O–H groups in total. The Balaban J connectivity index is 0. The molecule has 2 atom stereocenters. The van der Waals surface area contributed by atoms with Gasteiger partial charge in [0, 0.05) is 19.8 Å². The second-order valence-corrected chi connectivity index (χ2v) is 5.67. The third-order valence-corrected chi connectivity index (χ3v) is 3.66. The van der Waals surface area contributed by atoms with Crippen LogP contribution in [0.25, 0.3) is 0 Å². The van der Waals surface area contributed by atoms with E-state index in [1.54, 1.807) is 0 Å². The Kier molecular flexibility index (Phi) is 19.8. The van der Waals surface area contributed by atoms with Gasteiger partial charge in [-0.1, -0.05) is 53.9 Å². The van der Waals surface area contributed by atoms with Crippen molar-refractivity contribution in [2.75, 3.05) is 26.3 Å². The lowest BCUT2D eigenvalue weighted by atomic mass is 10.0. The molecule has 0 aromatic rings. The maximum absolute atomic E-state index is 11.2. The Hall–Kier alpha value is -0.610. The molecule has 0 aromatic carbocycles. The van der Waals surface area contributed by atoms with Crippen molar-refractivity contribution < 1.29 is 14.6 Å². The average Bonchev–Trinajstić information content (AvgIpc) is 2.53. The minimum Gasteiger partial charge on any atom is -0.481 e. The summed E-state index contributed by atoms with van der Waals surface area (Å²) in [5.41, 5.74) is 0. The number of unbranched alkanes of at least 4 members (excludes halogenated alkanes) is 2. The van der Waals surface area contributed by atoms with Crippen molar-refractivity contribution in [2.45, 2.75) is 73.1 Å². The molecule has 0 aliphatic rings. The van der Waals surface area contributed by atoms with E-state index in [0.717, 1.165) is 32.4 Å². The van der Waals surface area contributed by atoms with Gasteiger partial charge in [-0.15, -0.1) is 0 Å². The Morgan fingerprint density at radius 2 is 1.73 bits per heavy atom. The highest BCUT2D eigenvalue weighted by molar-refractivity contribution is 5.70. The minimum atomic E-state index is -0.701. The Morgan fingerprint density at radius 3 is 2.27 bits per heavy atom. The average molecular weight is 318 g/mol. The summed E-state index contributed by atoms with van der Waals surface area (Å²) in [4.78, 5) is 11.2. The van der Waals surface area contributed by atoms with Crippen LogP contribution in [0, 0.1) is 11.8 Å². The molecule has 0 fully saturated rings. The standard InChI is InChI=1S/C16H33NO3.C2H6/c1-4-6-7-10-20-11-8-9-15(16(18)19)13-17-12-14(3)5-2;1-2/h14-15,17H,4-13H2,1-3H3,(H,18,19);1-2H3. The van der Waals surface area contributed by atoms with Gasteiger partial charge in [-0.05, 0) is 31.7 Å². The molecule has 0 radical (unpaired) electrons. The summed E-state index contributed by atoms with van der Waals surface area (Å²) in [6.07, 6.45) is 6.15. The van der Waals surface area contributed by atoms with Crippen molar-refractivity contribution in [2.24, 2.45) is 11.8 Å². The molecule has 22 heavy (non-hydrogen) atoms. The quantitative estimate of drug-likeness (QED) is 0.468. The molecule has 134 valence electrons. The van der Waals surface area contributed by atoms with Crippen LogP contribution in [-0.2, 0) is 9.53 Å². The van der Waals surface area contributed by atoms with E-state index in [2.05, 4.69) is 26.1 Å². The number of carboxylic acids is 1. The molecule has 0 aliphatic heterocycles. The van der Waals surface area contributed by atoms with Crippen LogP contribution in [-0.4, -0.2) is 37.4 Å². The van der Waals surface area contributed by atoms with Crippen molar-refractivity contribution in [3.8, 4) is 0 Å². The van der Waals surface area contributed by atoms with Gasteiger partial charge in [-0.2, -0.15) is 0 Å². The smallest absolute Gasteiger partial charge is 0.307 e. The molecular weight excluding hydrogens is 278 g/mol. The van der Waals surface area contributed by atoms with E-state index in [4.69, 9.17) is 4.74 Å². The SMILES string of the molecule is CC.CCCCCOCCCC(CNCC(C)CC)C(=O)O. The van der Waals surface area contributed by atoms with Crippen molar-refractivity contribution in [3.63, 3.8) is 0 Å². The van der Waals surface area contributed by atoms with Crippen LogP contribution < -0.4 is 5.32 Å². The number of ether oxygens (including phenoxy) is 1. The molecule has 4 heteroatoms. The predicted molar refractivity (Wildman–Crippen MR) is 94.4 cm³/mol. The van der Waals surface area contributed by atoms with Crippen molar-refractivity contribution >= 4 is 5.97 Å². The van der Waals surface area contributed by atoms with Gasteiger partial charge in [0.05, 0.1) is 5.92 Å². The number of carbonyl (C=O) groups is 1. The van der Waals surface area contributed by atoms with E-state index in [9.17, 15) is 9.90 Å². The zero-order valence-electron chi connectivity index (χ0n) is 15.5. The Bertz CT molecular complexity index is 234. The van der Waals surface area contributed by atoms with Crippen LogP contribution in [0.15, 0.2) is 0 Å². The van der Waals surface area contributed by atoms with Crippen LogP contribution in [0.2, 0.25) is 0 Å². The molecule has 0 saturated heterocycles. The first-order valence-corrected chi connectivity index (χ1v) is 9.13. The summed E-state index contributed by atoms with van der Waals surface area (Å²) in [5, 5.41) is 12.5. The fourth-order valence-corrected chi connectivity index (χ4v) is 1.95. The highest BCUT2D eigenvalue weighted by Gasteiger charge is 2.16. The molecule has 0 spiro atoms. The van der Waals surface area contributed by atoms with E-state index in [0.29, 0.717) is 25.5 Å². The van der Waals surface area contributed by atoms with E-state index < -0.39 is 5.97 Å². The number of nitrogens with one attached hydrogen (secondary N) is 1. The second-order valence-electron chi connectivity index (χ2n) is 5.67. The molecule has 0 bridgehead atoms. The lowest BCUT2D eigenvalue weighted by molar-refractivity contribution is -0.141. The van der Waals surface area contributed by atoms with Gasteiger partial charge in [0.25, 0.3) is 0 Å². The summed E-state index contributed by atoms with van der Waals surface area (Å²) in [6, 6.07) is 0. The van der Waals surface area contributed by atoms with E-state index in [-0.39, 0.29) is 5.92 Å². The second kappa shape index (κ2) is 18.4. The van der Waals surface area contributed by atoms with Gasteiger partial charge in [-0.3, -0.25) is 4.79 Å². The molecule has 0 amide bonds. The van der Waals surface area contributed by atoms with E-state index >= 15 is 0 Å². The van der Waals surface area contributed by atoms with Crippen LogP contribution in [0.3, 0.4) is 0 Å². The van der Waals surface area contributed by atoms with Gasteiger partial charge in [0.15, 0.2) is 0 Å². The monoisotopic (exact) mass is 317 g/mol. The topological polar surface area (TPSA) is 58.6 Å². The first kappa shape index (κ1) is 23.7. The largest absolute Gasteiger partial charge is 0.481 e. The van der Waals surface area contributed by atoms with Gasteiger partial charge >= 0.3 is 5.97 Å². The maximum Gasteiger partial charge on any atom is 0.307 e. The number of hydrogen-bond donors (Lipinski definition) is 2. The normalized spacial score (nSPS) is 13.1. The molecule has 0 aliphatic carbocycles. The van der Waals surface area contributed by atoms with E-state index in [1.807, 2.05) is 13.8 Å². The van der Waals surface area contributed by atoms with Gasteiger partial charge < -0.3 is 15.2 Å². The molecule has 0 heterocycles. The highest BCUT2D eigenvalue weighted by atomic mass is 16.5. The first-order valence-electron chi connectivity index (χ1n) is 9.13. The van der Waals surface area contributed by atoms with Crippen molar-refractivity contribution in [3.05, 3.63) is 0 Å². The minimum absolute atomic E-state index is 0.293. The number of carboxylic acid groups (broad SMARTS) is 1. The third kappa shape index (κ3) is 15.8. The van der Waals surface area contributed by atoms with Crippen LogP contribution in [0.5, 0.6) is 0 Å². The van der Waals surface area contributed by atoms with Crippen LogP contribution in [0.4, 0.5) is 0 Å². The number of hydrogen-bond acceptors (Lipinski definition) is 3. The summed E-state index contributed by atoms with van der Waals surface area (Å²) < 4.78 is 5.51.